The molecule has 0 saturated carbocycles. The molecule has 0 bridgehead atoms. The monoisotopic (exact) mass is 1420 g/mol. The maximum atomic E-state index is 13.1. The fourth-order valence-electron chi connectivity index (χ4n) is 6.84. The Hall–Kier alpha value is -5.72. The predicted molar refractivity (Wildman–Crippen MR) is 348 cm³/mol. The Kier molecular flexibility index (Phi) is 55.5. The van der Waals surface area contributed by atoms with Crippen molar-refractivity contribution in [3.8, 4) is 0 Å². The number of nitrogens with two attached hydrogens (primary N) is 8. The standard InChI is InChI=1S/C9H17FO2.5C7H14FNO2.2C6H12FNO2.C5H10FNO2/c1-4-7(5-8(11)12)6-9(2,3)10;1-6(2,8)4-7(3,9)5(10)11;2*1-7(2,8)4-5(9)3-6(10)11;2*1-7(2,8)4-3-5(9)6(10)11;2*1-6(2,7)3-4(8)5(9)10;1-5(2,6)3(7)4(8)9/h7H,4-6H2,1-3H3,(H,11,12);4,9H2,1-3H3,(H,10,11);4*5H,3-4,9H2,1-2H3,(H,10,11);2*4H,3,8H2,1-2H3,(H,9,10);3H,7H2,1-2H3,(H,8,9)/t2*7-;4*5-;2*4-;3-/m101010101/s1/i10-1;5*8-1;2*7-1;6-1. The third-order valence-corrected chi connectivity index (χ3v) is 11.2. The molecule has 0 amide bonds. The summed E-state index contributed by atoms with van der Waals surface area (Å²) in [6.45, 7) is 27.4. The molecule has 0 spiro atoms. The second-order valence-electron chi connectivity index (χ2n) is 28.5. The minimum atomic E-state index is -1.84. The Morgan fingerprint density at radius 1 is 0.333 bits per heavy atom. The van der Waals surface area contributed by atoms with Crippen molar-refractivity contribution in [2.24, 2.45) is 51.8 Å². The summed E-state index contributed by atoms with van der Waals surface area (Å²) in [6.07, 6.45) is 1.18. The summed E-state index contributed by atoms with van der Waals surface area (Å²) in [7, 11) is 0. The second kappa shape index (κ2) is 48.9. The molecule has 576 valence electrons. The van der Waals surface area contributed by atoms with Gasteiger partial charge in [-0.3, -0.25) is 43.2 Å². The third-order valence-electron chi connectivity index (χ3n) is 11.2. The van der Waals surface area contributed by atoms with E-state index in [4.69, 9.17) is 91.8 Å². The van der Waals surface area contributed by atoms with E-state index in [9.17, 15) is 82.7 Å². The Bertz CT molecular complexity index is 2120. The van der Waals surface area contributed by atoms with Crippen LogP contribution in [0.2, 0.25) is 0 Å². The van der Waals surface area contributed by atoms with Crippen molar-refractivity contribution in [1.82, 2.24) is 0 Å². The van der Waals surface area contributed by atoms with Gasteiger partial charge in [0.15, 0.2) is 0 Å². The Morgan fingerprint density at radius 2 is 0.573 bits per heavy atom. The highest BCUT2D eigenvalue weighted by Gasteiger charge is 2.36. The molecule has 0 aromatic heterocycles. The fraction of sp³-hybridized carbons (Fsp3) is 0.852. The van der Waals surface area contributed by atoms with Gasteiger partial charge in [-0.15, -0.1) is 0 Å². The molecule has 0 fully saturated rings. The van der Waals surface area contributed by atoms with Crippen molar-refractivity contribution >= 4 is 53.7 Å². The number of hydrogen-bond acceptors (Lipinski definition) is 17. The molecule has 25 N–H and O–H groups in total. The first-order chi connectivity index (χ1) is 41.8. The van der Waals surface area contributed by atoms with Crippen LogP contribution >= 0.6 is 0 Å². The summed E-state index contributed by atoms with van der Waals surface area (Å²) in [5, 5.41) is 74.9. The van der Waals surface area contributed by atoms with Crippen LogP contribution in [0.1, 0.15) is 228 Å². The van der Waals surface area contributed by atoms with E-state index in [2.05, 4.69) is 0 Å². The number of hydrogen-bond donors (Lipinski definition) is 17. The van der Waals surface area contributed by atoms with Crippen LogP contribution in [0, 0.1) is 5.92 Å². The van der Waals surface area contributed by atoms with E-state index in [0.29, 0.717) is 6.42 Å². The van der Waals surface area contributed by atoms with Gasteiger partial charge >= 0.3 is 53.7 Å². The zero-order valence-corrected chi connectivity index (χ0v) is 59.7. The van der Waals surface area contributed by atoms with Gasteiger partial charge in [-0.1, -0.05) is 13.3 Å². The van der Waals surface area contributed by atoms with Gasteiger partial charge in [0.2, 0.25) is 0 Å². The van der Waals surface area contributed by atoms with Gasteiger partial charge in [0.25, 0.3) is 0 Å². The summed E-state index contributed by atoms with van der Waals surface area (Å²) in [5.41, 5.74) is 26.8. The molecule has 9 atom stereocenters. The number of carboxylic acids is 9. The zero-order valence-electron chi connectivity index (χ0n) is 59.7. The van der Waals surface area contributed by atoms with Gasteiger partial charge in [0.1, 0.15) is 86.8 Å². The Labute approximate surface area is 559 Å². The van der Waals surface area contributed by atoms with Gasteiger partial charge in [-0.2, -0.15) is 0 Å². The van der Waals surface area contributed by atoms with E-state index < -0.39 is 153 Å². The molecule has 0 unspecified atom stereocenters. The minimum absolute atomic E-state index is 0.0394. The highest BCUT2D eigenvalue weighted by atomic mass is 18.2. The van der Waals surface area contributed by atoms with Crippen LogP contribution < -0.4 is 45.9 Å². The lowest BCUT2D eigenvalue weighted by Crippen LogP contribution is -2.48. The summed E-state index contributed by atoms with van der Waals surface area (Å²) < 4.78 is 115. The van der Waals surface area contributed by atoms with Crippen molar-refractivity contribution in [3.63, 3.8) is 0 Å². The van der Waals surface area contributed by atoms with Crippen molar-refractivity contribution in [3.05, 3.63) is 0 Å². The topological polar surface area (TPSA) is 544 Å². The molecule has 35 heteroatoms. The normalized spacial score (nSPS) is 15.0. The van der Waals surface area contributed by atoms with E-state index >= 15 is 0 Å². The van der Waals surface area contributed by atoms with E-state index in [1.54, 1.807) is 0 Å². The number of aliphatic carboxylic acids is 9. The molecule has 0 saturated heterocycles. The summed E-state index contributed by atoms with van der Waals surface area (Å²) >= 11 is 0. The molecule has 0 aliphatic carbocycles. The number of carboxylic acid groups (broad SMARTS) is 9. The van der Waals surface area contributed by atoms with Crippen LogP contribution in [-0.2, 0) is 43.2 Å². The van der Waals surface area contributed by atoms with Gasteiger partial charge in [-0.05, 0) is 182 Å². The van der Waals surface area contributed by atoms with Gasteiger partial charge < -0.3 is 91.8 Å². The smallest absolute Gasteiger partial charge is 0.323 e. The SMILES string of the molecule is CC(C)([18F])CC[C@@H](N)C(=O)O.CC(C)([18F])CC[C@H](N)C(=O)O.CC(C)([18F])C[C@@H](N)C(=O)O.CC(C)([18F])C[C@@H](N)CC(=O)O.CC(C)([18F])C[C@H](N)C(=O)O.CC(C)([18F])C[C@H](N)CC(=O)O.CC(C)([18F])C[C@](C)(N)C(=O)O.CC(C)([18F])[C@H](N)C(=O)O.CC[C@H](CC(=O)O)CC(C)(C)[18F]. The summed E-state index contributed by atoms with van der Waals surface area (Å²) in [4.78, 5) is 91.4. The van der Waals surface area contributed by atoms with Gasteiger partial charge in [0.05, 0.1) is 12.8 Å². The number of halogens is 9. The first-order valence-electron chi connectivity index (χ1n) is 30.1. The predicted octanol–water partition coefficient (Wildman–Crippen LogP) is 8.48. The molecule has 26 nitrogen and oxygen atoms in total. The Balaban J connectivity index is -0.000000127. The molecule has 0 rings (SSSR count). The highest BCUT2D eigenvalue weighted by molar-refractivity contribution is 5.78. The number of carbonyl (C=O) groups is 9. The van der Waals surface area contributed by atoms with Crippen molar-refractivity contribution in [2.75, 3.05) is 0 Å². The number of rotatable bonds is 32. The van der Waals surface area contributed by atoms with Crippen molar-refractivity contribution < 1.29 is 129 Å². The van der Waals surface area contributed by atoms with Gasteiger partial charge in [0, 0.05) is 37.8 Å². The molecule has 0 aliphatic heterocycles. The van der Waals surface area contributed by atoms with Crippen LogP contribution in [0.4, 0.5) is 39.5 Å². The van der Waals surface area contributed by atoms with Crippen LogP contribution in [0.15, 0.2) is 0 Å². The average Bonchev–Trinajstić information content (AvgIpc) is 1.07. The van der Waals surface area contributed by atoms with E-state index in [-0.39, 0.29) is 83.0 Å². The molecule has 0 radical (unpaired) electrons. The molecule has 96 heavy (non-hydrogen) atoms. The molecule has 0 aliphatic rings. The maximum Gasteiger partial charge on any atom is 0.323 e. The van der Waals surface area contributed by atoms with E-state index in [1.165, 1.54) is 118 Å². The largest absolute Gasteiger partial charge is 0.481 e. The van der Waals surface area contributed by atoms with Crippen LogP contribution in [0.3, 0.4) is 0 Å². The Morgan fingerprint density at radius 3 is 0.688 bits per heavy atom. The molecule has 0 aromatic rings. The zero-order chi connectivity index (χ0) is 79.7. The van der Waals surface area contributed by atoms with E-state index in [0.717, 1.165) is 20.3 Å². The highest BCUT2D eigenvalue weighted by Crippen LogP contribution is 2.26. The lowest BCUT2D eigenvalue weighted by Gasteiger charge is -2.25. The molecular formula is C61H121F9N8O18. The van der Waals surface area contributed by atoms with Crippen molar-refractivity contribution in [2.45, 2.75) is 327 Å². The lowest BCUT2D eigenvalue weighted by molar-refractivity contribution is -0.144. The van der Waals surface area contributed by atoms with Crippen LogP contribution in [0.25, 0.3) is 0 Å². The van der Waals surface area contributed by atoms with Crippen LogP contribution in [0.5, 0.6) is 0 Å². The van der Waals surface area contributed by atoms with Gasteiger partial charge in [-0.25, -0.2) is 39.5 Å². The second-order valence-corrected chi connectivity index (χ2v) is 28.5. The quantitative estimate of drug-likeness (QED) is 0.0281. The number of alkyl halides is 9. The van der Waals surface area contributed by atoms with Crippen molar-refractivity contribution in [1.29, 1.82) is 0 Å². The first-order valence-corrected chi connectivity index (χ1v) is 30.1. The third kappa shape index (κ3) is 97.0. The summed E-state index contributed by atoms with van der Waals surface area (Å²) in [5.74, 6) is -9.82. The molecule has 0 heterocycles. The fourth-order valence-corrected chi connectivity index (χ4v) is 6.84. The first kappa shape index (κ1) is 109. The average molecular weight is 1420 g/mol. The minimum Gasteiger partial charge on any atom is -0.481 e. The molecule has 0 aromatic carbocycles. The van der Waals surface area contributed by atoms with E-state index in [1.807, 2.05) is 6.92 Å². The lowest BCUT2D eigenvalue weighted by atomic mass is 9.90. The summed E-state index contributed by atoms with van der Waals surface area (Å²) in [6, 6.07) is -6.69. The maximum absolute atomic E-state index is 13.1. The van der Waals surface area contributed by atoms with Crippen LogP contribution in [-0.4, -0.2) is 199 Å². The molecular weight excluding hydrogens is 1290 g/mol.